The van der Waals surface area contributed by atoms with E-state index in [1.54, 1.807) is 25.1 Å². The number of carbonyl (C=O) groups is 1. The van der Waals surface area contributed by atoms with Crippen molar-refractivity contribution in [1.82, 2.24) is 10.2 Å². The fourth-order valence-electron chi connectivity index (χ4n) is 3.52. The molecule has 0 radical (unpaired) electrons. The highest BCUT2D eigenvalue weighted by Gasteiger charge is 2.24. The Morgan fingerprint density at radius 2 is 1.90 bits per heavy atom. The van der Waals surface area contributed by atoms with Crippen LogP contribution in [0.4, 0.5) is 11.4 Å². The molecule has 1 aliphatic rings. The third kappa shape index (κ3) is 5.10. The number of hydrogen-bond acceptors (Lipinski definition) is 6. The molecule has 1 N–H and O–H groups in total. The van der Waals surface area contributed by atoms with Crippen LogP contribution in [0.3, 0.4) is 0 Å². The van der Waals surface area contributed by atoms with Gasteiger partial charge in [-0.25, -0.2) is 0 Å². The van der Waals surface area contributed by atoms with Crippen molar-refractivity contribution in [2.75, 3.05) is 51.8 Å². The molecule has 8 heteroatoms. The van der Waals surface area contributed by atoms with Crippen LogP contribution >= 0.6 is 0 Å². The van der Waals surface area contributed by atoms with Gasteiger partial charge in [-0.05, 0) is 11.6 Å². The predicted octanol–water partition coefficient (Wildman–Crippen LogP) is 2.46. The van der Waals surface area contributed by atoms with Crippen molar-refractivity contribution < 1.29 is 14.5 Å². The molecule has 1 heterocycles. The minimum Gasteiger partial charge on any atom is -0.379 e. The van der Waals surface area contributed by atoms with Gasteiger partial charge in [0.15, 0.2) is 0 Å². The molecule has 1 atom stereocenters. The summed E-state index contributed by atoms with van der Waals surface area (Å²) in [6.45, 7) is 3.29. The summed E-state index contributed by atoms with van der Waals surface area (Å²) in [5.74, 6) is -0.327. The van der Waals surface area contributed by atoms with Gasteiger partial charge in [0.25, 0.3) is 11.6 Å². The summed E-state index contributed by atoms with van der Waals surface area (Å²) in [7, 11) is 3.61. The molecule has 0 spiro atoms. The number of carbonyl (C=O) groups excluding carboxylic acids is 1. The third-order valence-corrected chi connectivity index (χ3v) is 5.04. The molecule has 0 bridgehead atoms. The highest BCUT2D eigenvalue weighted by molar-refractivity contribution is 6.00. The fourth-order valence-corrected chi connectivity index (χ4v) is 3.52. The van der Waals surface area contributed by atoms with E-state index in [4.69, 9.17) is 4.74 Å². The van der Waals surface area contributed by atoms with Gasteiger partial charge in [0.2, 0.25) is 0 Å². The van der Waals surface area contributed by atoms with Crippen LogP contribution < -0.4 is 10.2 Å². The van der Waals surface area contributed by atoms with Gasteiger partial charge in [-0.3, -0.25) is 19.8 Å². The molecular formula is C21H26N4O4. The lowest BCUT2D eigenvalue weighted by Gasteiger charge is -2.35. The number of nitrogens with zero attached hydrogens (tertiary/aromatic N) is 3. The second-order valence-electron chi connectivity index (χ2n) is 7.14. The highest BCUT2D eigenvalue weighted by atomic mass is 16.6. The molecule has 1 saturated heterocycles. The fraction of sp³-hybridized carbons (Fsp3) is 0.381. The molecule has 2 aromatic rings. The van der Waals surface area contributed by atoms with Crippen molar-refractivity contribution in [1.29, 1.82) is 0 Å². The Hall–Kier alpha value is -2.97. The summed E-state index contributed by atoms with van der Waals surface area (Å²) in [6, 6.07) is 14.4. The van der Waals surface area contributed by atoms with Crippen LogP contribution in [0.1, 0.15) is 22.0 Å². The van der Waals surface area contributed by atoms with E-state index < -0.39 is 4.92 Å². The lowest BCUT2D eigenvalue weighted by molar-refractivity contribution is -0.384. The molecule has 3 rings (SSSR count). The first-order valence-electron chi connectivity index (χ1n) is 9.58. The summed E-state index contributed by atoms with van der Waals surface area (Å²) >= 11 is 0. The number of anilines is 1. The molecule has 1 amide bonds. The smallest absolute Gasteiger partial charge is 0.270 e. The zero-order valence-corrected chi connectivity index (χ0v) is 16.7. The number of morpholine rings is 1. The average Bonchev–Trinajstić information content (AvgIpc) is 2.74. The van der Waals surface area contributed by atoms with Gasteiger partial charge < -0.3 is 15.0 Å². The first-order chi connectivity index (χ1) is 14.0. The van der Waals surface area contributed by atoms with E-state index in [0.717, 1.165) is 18.7 Å². The zero-order chi connectivity index (χ0) is 20.8. The topological polar surface area (TPSA) is 87.9 Å². The van der Waals surface area contributed by atoms with E-state index in [9.17, 15) is 14.9 Å². The lowest BCUT2D eigenvalue weighted by atomic mass is 10.0. The van der Waals surface area contributed by atoms with Crippen LogP contribution in [0.5, 0.6) is 0 Å². The Balaban J connectivity index is 1.81. The van der Waals surface area contributed by atoms with Crippen molar-refractivity contribution in [2.24, 2.45) is 0 Å². The van der Waals surface area contributed by atoms with Crippen LogP contribution in [0.2, 0.25) is 0 Å². The van der Waals surface area contributed by atoms with Gasteiger partial charge >= 0.3 is 0 Å². The van der Waals surface area contributed by atoms with Crippen LogP contribution in [-0.4, -0.2) is 62.7 Å². The third-order valence-electron chi connectivity index (χ3n) is 5.04. The number of ether oxygens (including phenoxy) is 1. The monoisotopic (exact) mass is 398 g/mol. The van der Waals surface area contributed by atoms with Gasteiger partial charge in [-0.15, -0.1) is 0 Å². The Labute approximate surface area is 170 Å². The van der Waals surface area contributed by atoms with E-state index in [0.29, 0.717) is 25.4 Å². The Morgan fingerprint density at radius 3 is 2.52 bits per heavy atom. The summed E-state index contributed by atoms with van der Waals surface area (Å²) in [6.07, 6.45) is 0. The first-order valence-corrected chi connectivity index (χ1v) is 9.58. The molecule has 2 aromatic carbocycles. The zero-order valence-electron chi connectivity index (χ0n) is 16.7. The number of hydrogen-bond donors (Lipinski definition) is 1. The van der Waals surface area contributed by atoms with Gasteiger partial charge in [0, 0.05) is 51.5 Å². The molecule has 0 aromatic heterocycles. The number of benzene rings is 2. The number of nitro benzene ring substituents is 1. The van der Waals surface area contributed by atoms with E-state index in [1.165, 1.54) is 12.1 Å². The van der Waals surface area contributed by atoms with Crippen molar-refractivity contribution in [3.05, 3.63) is 69.8 Å². The summed E-state index contributed by atoms with van der Waals surface area (Å²) in [4.78, 5) is 27.7. The van der Waals surface area contributed by atoms with Crippen LogP contribution in [0, 0.1) is 10.1 Å². The van der Waals surface area contributed by atoms with Gasteiger partial charge in [-0.2, -0.15) is 0 Å². The molecule has 0 saturated carbocycles. The van der Waals surface area contributed by atoms with Crippen LogP contribution in [0.25, 0.3) is 0 Å². The Morgan fingerprint density at radius 1 is 1.21 bits per heavy atom. The standard InChI is InChI=1S/C21H26N4O4/c1-23(2)19-9-8-17(25(27)28)14-18(19)21(26)22-15-20(16-6-4-3-5-7-16)24-10-12-29-13-11-24/h3-9,14,20H,10-13,15H2,1-2H3,(H,22,26). The molecule has 29 heavy (non-hydrogen) atoms. The predicted molar refractivity (Wildman–Crippen MR) is 111 cm³/mol. The van der Waals surface area contributed by atoms with Gasteiger partial charge in [-0.1, -0.05) is 30.3 Å². The van der Waals surface area contributed by atoms with Crippen molar-refractivity contribution in [3.63, 3.8) is 0 Å². The minimum absolute atomic E-state index is 0.00514. The van der Waals surface area contributed by atoms with Crippen LogP contribution in [-0.2, 0) is 4.74 Å². The SMILES string of the molecule is CN(C)c1ccc([N+](=O)[O-])cc1C(=O)NCC(c1ccccc1)N1CCOCC1. The average molecular weight is 398 g/mol. The summed E-state index contributed by atoms with van der Waals surface area (Å²) in [5, 5.41) is 14.1. The molecule has 154 valence electrons. The number of nitrogens with one attached hydrogen (secondary N) is 1. The van der Waals surface area contributed by atoms with E-state index in [1.807, 2.05) is 30.3 Å². The van der Waals surface area contributed by atoms with Gasteiger partial charge in [0.05, 0.1) is 29.7 Å². The molecule has 0 aliphatic carbocycles. The normalized spacial score (nSPS) is 15.5. The maximum absolute atomic E-state index is 13.0. The molecule has 1 unspecified atom stereocenters. The lowest BCUT2D eigenvalue weighted by Crippen LogP contribution is -2.44. The van der Waals surface area contributed by atoms with Crippen molar-refractivity contribution >= 4 is 17.3 Å². The van der Waals surface area contributed by atoms with Gasteiger partial charge in [0.1, 0.15) is 0 Å². The maximum Gasteiger partial charge on any atom is 0.270 e. The van der Waals surface area contributed by atoms with Crippen molar-refractivity contribution in [2.45, 2.75) is 6.04 Å². The highest BCUT2D eigenvalue weighted by Crippen LogP contribution is 2.25. The second-order valence-corrected chi connectivity index (χ2v) is 7.14. The summed E-state index contributed by atoms with van der Waals surface area (Å²) in [5.41, 5.74) is 1.93. The number of amides is 1. The van der Waals surface area contributed by atoms with E-state index in [-0.39, 0.29) is 23.2 Å². The Bertz CT molecular complexity index is 851. The Kier molecular flexibility index (Phi) is 6.79. The minimum atomic E-state index is -0.489. The number of rotatable bonds is 7. The molecule has 1 aliphatic heterocycles. The molecule has 1 fully saturated rings. The maximum atomic E-state index is 13.0. The quantitative estimate of drug-likeness (QED) is 0.569. The van der Waals surface area contributed by atoms with E-state index >= 15 is 0 Å². The molecular weight excluding hydrogens is 372 g/mol. The first kappa shape index (κ1) is 20.8. The molecule has 8 nitrogen and oxygen atoms in total. The summed E-state index contributed by atoms with van der Waals surface area (Å²) < 4.78 is 5.46. The van der Waals surface area contributed by atoms with E-state index in [2.05, 4.69) is 10.2 Å². The number of nitro groups is 1. The van der Waals surface area contributed by atoms with Crippen molar-refractivity contribution in [3.8, 4) is 0 Å². The van der Waals surface area contributed by atoms with Crippen LogP contribution in [0.15, 0.2) is 48.5 Å². The number of non-ortho nitro benzene ring substituents is 1. The second kappa shape index (κ2) is 9.49. The largest absolute Gasteiger partial charge is 0.379 e.